The first kappa shape index (κ1) is 20.1. The quantitative estimate of drug-likeness (QED) is 0.733. The van der Waals surface area contributed by atoms with Gasteiger partial charge < -0.3 is 19.3 Å². The first-order chi connectivity index (χ1) is 13.6. The topological polar surface area (TPSA) is 42.0 Å². The van der Waals surface area contributed by atoms with E-state index < -0.39 is 5.82 Å². The third kappa shape index (κ3) is 5.23. The molecule has 28 heavy (non-hydrogen) atoms. The summed E-state index contributed by atoms with van der Waals surface area (Å²) >= 11 is 0. The van der Waals surface area contributed by atoms with Gasteiger partial charge in [0.25, 0.3) is 0 Å². The van der Waals surface area contributed by atoms with Gasteiger partial charge in [0.05, 0.1) is 20.3 Å². The normalized spacial score (nSPS) is 14.0. The number of amides is 1. The summed E-state index contributed by atoms with van der Waals surface area (Å²) in [5.74, 6) is -0.151. The van der Waals surface area contributed by atoms with Crippen LogP contribution in [0.25, 0.3) is 0 Å². The van der Waals surface area contributed by atoms with Gasteiger partial charge in [0, 0.05) is 38.8 Å². The predicted octanol–water partition coefficient (Wildman–Crippen LogP) is 3.26. The Kier molecular flexibility index (Phi) is 6.87. The average Bonchev–Trinajstić information content (AvgIpc) is 2.73. The SMILES string of the molecule is COc1ccc(CCC(=O)N(C)Cc2ccc(N3CCOCC3)cc2)cc1F. The molecule has 0 radical (unpaired) electrons. The van der Waals surface area contributed by atoms with E-state index in [0.717, 1.165) is 37.4 Å². The second kappa shape index (κ2) is 9.55. The van der Waals surface area contributed by atoms with Crippen molar-refractivity contribution in [2.24, 2.45) is 0 Å². The van der Waals surface area contributed by atoms with Crippen molar-refractivity contribution in [2.75, 3.05) is 45.4 Å². The van der Waals surface area contributed by atoms with Gasteiger partial charge in [0.2, 0.25) is 5.91 Å². The number of methoxy groups -OCH3 is 1. The van der Waals surface area contributed by atoms with Crippen LogP contribution in [0.15, 0.2) is 42.5 Å². The highest BCUT2D eigenvalue weighted by molar-refractivity contribution is 5.76. The van der Waals surface area contributed by atoms with Crippen LogP contribution in [0.5, 0.6) is 5.75 Å². The van der Waals surface area contributed by atoms with Crippen LogP contribution in [0.2, 0.25) is 0 Å². The lowest BCUT2D eigenvalue weighted by Crippen LogP contribution is -2.36. The number of carbonyl (C=O) groups excluding carboxylic acids is 1. The van der Waals surface area contributed by atoms with Crippen molar-refractivity contribution in [3.8, 4) is 5.75 Å². The highest BCUT2D eigenvalue weighted by atomic mass is 19.1. The van der Waals surface area contributed by atoms with E-state index in [-0.39, 0.29) is 11.7 Å². The maximum atomic E-state index is 13.8. The first-order valence-electron chi connectivity index (χ1n) is 9.55. The second-order valence-corrected chi connectivity index (χ2v) is 6.98. The van der Waals surface area contributed by atoms with Gasteiger partial charge in [-0.05, 0) is 41.8 Å². The fourth-order valence-electron chi connectivity index (χ4n) is 3.30. The molecule has 2 aromatic carbocycles. The number of benzene rings is 2. The van der Waals surface area contributed by atoms with Crippen LogP contribution < -0.4 is 9.64 Å². The van der Waals surface area contributed by atoms with E-state index in [9.17, 15) is 9.18 Å². The number of aryl methyl sites for hydroxylation is 1. The smallest absolute Gasteiger partial charge is 0.222 e. The third-order valence-electron chi connectivity index (χ3n) is 5.00. The maximum absolute atomic E-state index is 13.8. The standard InChI is InChI=1S/C22H27FN2O3/c1-24(22(26)10-6-17-5-9-21(27-2)20(23)15-17)16-18-3-7-19(8-4-18)25-11-13-28-14-12-25/h3-5,7-9,15H,6,10-14,16H2,1-2H3. The zero-order chi connectivity index (χ0) is 19.9. The number of hydrogen-bond donors (Lipinski definition) is 0. The Morgan fingerprint density at radius 1 is 1.14 bits per heavy atom. The van der Waals surface area contributed by atoms with Crippen molar-refractivity contribution in [3.05, 3.63) is 59.4 Å². The van der Waals surface area contributed by atoms with E-state index in [4.69, 9.17) is 9.47 Å². The number of halogens is 1. The van der Waals surface area contributed by atoms with Gasteiger partial charge in [0.1, 0.15) is 0 Å². The highest BCUT2D eigenvalue weighted by Gasteiger charge is 2.13. The number of carbonyl (C=O) groups is 1. The van der Waals surface area contributed by atoms with Crippen molar-refractivity contribution >= 4 is 11.6 Å². The summed E-state index contributed by atoms with van der Waals surface area (Å²) in [4.78, 5) is 16.4. The first-order valence-corrected chi connectivity index (χ1v) is 9.55. The molecule has 0 atom stereocenters. The van der Waals surface area contributed by atoms with Gasteiger partial charge in [-0.15, -0.1) is 0 Å². The summed E-state index contributed by atoms with van der Waals surface area (Å²) < 4.78 is 24.1. The molecule has 6 heteroatoms. The van der Waals surface area contributed by atoms with Gasteiger partial charge in [-0.3, -0.25) is 4.79 Å². The Balaban J connectivity index is 1.50. The molecule has 1 heterocycles. The summed E-state index contributed by atoms with van der Waals surface area (Å²) in [5.41, 5.74) is 3.06. The van der Waals surface area contributed by atoms with Crippen LogP contribution >= 0.6 is 0 Å². The molecule has 0 spiro atoms. The molecule has 0 saturated carbocycles. The second-order valence-electron chi connectivity index (χ2n) is 6.98. The Bertz CT molecular complexity index is 789. The van der Waals surface area contributed by atoms with Gasteiger partial charge >= 0.3 is 0 Å². The van der Waals surface area contributed by atoms with E-state index in [1.165, 1.54) is 18.9 Å². The molecule has 0 aliphatic carbocycles. The zero-order valence-electron chi connectivity index (χ0n) is 16.5. The average molecular weight is 386 g/mol. The third-order valence-corrected chi connectivity index (χ3v) is 5.00. The van der Waals surface area contributed by atoms with E-state index in [1.54, 1.807) is 24.1 Å². The van der Waals surface area contributed by atoms with Crippen LogP contribution in [-0.2, 0) is 22.5 Å². The number of anilines is 1. The van der Waals surface area contributed by atoms with Gasteiger partial charge in [0.15, 0.2) is 11.6 Å². The molecule has 1 amide bonds. The number of ether oxygens (including phenoxy) is 2. The summed E-state index contributed by atoms with van der Waals surface area (Å²) in [5, 5.41) is 0. The summed E-state index contributed by atoms with van der Waals surface area (Å²) in [6, 6.07) is 13.1. The van der Waals surface area contributed by atoms with Gasteiger partial charge in [-0.1, -0.05) is 18.2 Å². The largest absolute Gasteiger partial charge is 0.494 e. The van der Waals surface area contributed by atoms with Crippen molar-refractivity contribution in [3.63, 3.8) is 0 Å². The van der Waals surface area contributed by atoms with Crippen LogP contribution in [0.4, 0.5) is 10.1 Å². The molecule has 0 bridgehead atoms. The van der Waals surface area contributed by atoms with Crippen LogP contribution in [-0.4, -0.2) is 51.3 Å². The lowest BCUT2D eigenvalue weighted by molar-refractivity contribution is -0.130. The molecule has 2 aromatic rings. The van der Waals surface area contributed by atoms with Gasteiger partial charge in [-0.25, -0.2) is 4.39 Å². The predicted molar refractivity (Wildman–Crippen MR) is 107 cm³/mol. The van der Waals surface area contributed by atoms with Crippen molar-refractivity contribution < 1.29 is 18.7 Å². The molecule has 1 aliphatic heterocycles. The number of hydrogen-bond acceptors (Lipinski definition) is 4. The van der Waals surface area contributed by atoms with Crippen molar-refractivity contribution in [2.45, 2.75) is 19.4 Å². The van der Waals surface area contributed by atoms with E-state index in [0.29, 0.717) is 19.4 Å². The van der Waals surface area contributed by atoms with Crippen LogP contribution in [0.1, 0.15) is 17.5 Å². The Labute approximate surface area is 165 Å². The molecule has 5 nitrogen and oxygen atoms in total. The summed E-state index contributed by atoms with van der Waals surface area (Å²) in [6.45, 7) is 3.89. The van der Waals surface area contributed by atoms with Crippen molar-refractivity contribution in [1.82, 2.24) is 4.90 Å². The molecule has 1 fully saturated rings. The molecule has 1 aliphatic rings. The minimum atomic E-state index is -0.402. The van der Waals surface area contributed by atoms with E-state index >= 15 is 0 Å². The molecule has 0 unspecified atom stereocenters. The molecule has 1 saturated heterocycles. The Hall–Kier alpha value is -2.60. The molecule has 150 valence electrons. The van der Waals surface area contributed by atoms with Crippen LogP contribution in [0.3, 0.4) is 0 Å². The minimum Gasteiger partial charge on any atom is -0.494 e. The molecule has 0 N–H and O–H groups in total. The lowest BCUT2D eigenvalue weighted by atomic mass is 10.1. The maximum Gasteiger partial charge on any atom is 0.222 e. The zero-order valence-corrected chi connectivity index (χ0v) is 16.5. The Morgan fingerprint density at radius 3 is 2.46 bits per heavy atom. The fourth-order valence-corrected chi connectivity index (χ4v) is 3.30. The van der Waals surface area contributed by atoms with Gasteiger partial charge in [-0.2, -0.15) is 0 Å². The van der Waals surface area contributed by atoms with Crippen LogP contribution in [0, 0.1) is 5.82 Å². The molecule has 0 aromatic heterocycles. The molecule has 3 rings (SSSR count). The Morgan fingerprint density at radius 2 is 1.82 bits per heavy atom. The highest BCUT2D eigenvalue weighted by Crippen LogP contribution is 2.20. The van der Waals surface area contributed by atoms with E-state index in [1.807, 2.05) is 0 Å². The number of nitrogens with zero attached hydrogens (tertiary/aromatic N) is 2. The molecular weight excluding hydrogens is 359 g/mol. The minimum absolute atomic E-state index is 0.0356. The number of rotatable bonds is 7. The van der Waals surface area contributed by atoms with E-state index in [2.05, 4.69) is 29.2 Å². The van der Waals surface area contributed by atoms with Crippen molar-refractivity contribution in [1.29, 1.82) is 0 Å². The summed E-state index contributed by atoms with van der Waals surface area (Å²) in [7, 11) is 3.23. The fraction of sp³-hybridized carbons (Fsp3) is 0.409. The lowest BCUT2D eigenvalue weighted by Gasteiger charge is -2.29. The number of morpholine rings is 1. The monoisotopic (exact) mass is 386 g/mol. The molecular formula is C22H27FN2O3. The summed E-state index contributed by atoms with van der Waals surface area (Å²) in [6.07, 6.45) is 0.841.